The molecule has 4 heteroatoms. The highest BCUT2D eigenvalue weighted by Crippen LogP contribution is 2.10. The first kappa shape index (κ1) is 15.5. The molecule has 0 heterocycles. The molecule has 106 valence electrons. The Morgan fingerprint density at radius 3 is 2.37 bits per heavy atom. The Labute approximate surface area is 115 Å². The largest absolute Gasteiger partial charge is 0.497 e. The van der Waals surface area contributed by atoms with Crippen LogP contribution in [-0.4, -0.2) is 25.6 Å². The second kappa shape index (κ2) is 8.53. The van der Waals surface area contributed by atoms with Gasteiger partial charge in [0.05, 0.1) is 13.7 Å². The van der Waals surface area contributed by atoms with E-state index in [1.165, 1.54) is 0 Å². The van der Waals surface area contributed by atoms with E-state index in [0.717, 1.165) is 24.2 Å². The molecule has 0 saturated heterocycles. The number of nitrogens with one attached hydrogen (secondary N) is 2. The highest BCUT2D eigenvalue weighted by atomic mass is 16.5. The summed E-state index contributed by atoms with van der Waals surface area (Å²) < 4.78 is 5.10. The Bertz CT molecular complexity index is 372. The van der Waals surface area contributed by atoms with Gasteiger partial charge in [-0.15, -0.1) is 0 Å². The van der Waals surface area contributed by atoms with Gasteiger partial charge < -0.3 is 15.4 Å². The van der Waals surface area contributed by atoms with Crippen molar-refractivity contribution in [2.75, 3.05) is 13.7 Å². The molecule has 0 bridgehead atoms. The first-order valence-corrected chi connectivity index (χ1v) is 6.82. The molecule has 0 atom stereocenters. The topological polar surface area (TPSA) is 50.4 Å². The van der Waals surface area contributed by atoms with Crippen molar-refractivity contribution in [3.05, 3.63) is 29.8 Å². The highest BCUT2D eigenvalue weighted by Gasteiger charge is 2.07. The lowest BCUT2D eigenvalue weighted by Gasteiger charge is -2.14. The summed E-state index contributed by atoms with van der Waals surface area (Å²) in [6.07, 6.45) is 1.95. The Hall–Kier alpha value is -1.55. The fourth-order valence-corrected chi connectivity index (χ4v) is 1.84. The average molecular weight is 264 g/mol. The fourth-order valence-electron chi connectivity index (χ4n) is 1.84. The maximum absolute atomic E-state index is 11.7. The molecular weight excluding hydrogens is 240 g/mol. The van der Waals surface area contributed by atoms with Crippen LogP contribution >= 0.6 is 0 Å². The van der Waals surface area contributed by atoms with Crippen LogP contribution in [0.2, 0.25) is 0 Å². The van der Waals surface area contributed by atoms with E-state index in [9.17, 15) is 4.79 Å². The molecule has 0 fully saturated rings. The molecule has 1 rings (SSSR count). The number of benzene rings is 1. The third-order valence-corrected chi connectivity index (χ3v) is 3.12. The van der Waals surface area contributed by atoms with Gasteiger partial charge >= 0.3 is 0 Å². The number of hydrogen-bond donors (Lipinski definition) is 2. The summed E-state index contributed by atoms with van der Waals surface area (Å²) in [5, 5.41) is 6.14. The van der Waals surface area contributed by atoms with Crippen molar-refractivity contribution < 1.29 is 9.53 Å². The Morgan fingerprint density at radius 1 is 1.21 bits per heavy atom. The SMILES string of the molecule is CCC(CC)NC(=O)CNCc1ccc(OC)cc1. The zero-order chi connectivity index (χ0) is 14.1. The third kappa shape index (κ3) is 5.75. The van der Waals surface area contributed by atoms with Gasteiger partial charge in [0.15, 0.2) is 0 Å². The predicted molar refractivity (Wildman–Crippen MR) is 77.2 cm³/mol. The molecule has 1 amide bonds. The summed E-state index contributed by atoms with van der Waals surface area (Å²) in [5.74, 6) is 0.900. The van der Waals surface area contributed by atoms with Gasteiger partial charge in [0.2, 0.25) is 5.91 Å². The normalized spacial score (nSPS) is 10.5. The van der Waals surface area contributed by atoms with Gasteiger partial charge in [0.25, 0.3) is 0 Å². The molecule has 0 aromatic heterocycles. The molecule has 0 saturated carbocycles. The van der Waals surface area contributed by atoms with Gasteiger partial charge in [-0.1, -0.05) is 26.0 Å². The minimum atomic E-state index is 0.0576. The zero-order valence-corrected chi connectivity index (χ0v) is 12.0. The lowest BCUT2D eigenvalue weighted by Crippen LogP contribution is -2.39. The van der Waals surface area contributed by atoms with E-state index < -0.39 is 0 Å². The summed E-state index contributed by atoms with van der Waals surface area (Å²) in [6, 6.07) is 8.10. The first-order valence-electron chi connectivity index (χ1n) is 6.82. The summed E-state index contributed by atoms with van der Waals surface area (Å²) in [5.41, 5.74) is 1.14. The molecule has 0 unspecified atom stereocenters. The van der Waals surface area contributed by atoms with Crippen LogP contribution in [0.1, 0.15) is 32.3 Å². The molecular formula is C15H24N2O2. The second-order valence-corrected chi connectivity index (χ2v) is 4.53. The van der Waals surface area contributed by atoms with Crippen molar-refractivity contribution in [2.45, 2.75) is 39.3 Å². The summed E-state index contributed by atoms with van der Waals surface area (Å²) in [4.78, 5) is 11.7. The van der Waals surface area contributed by atoms with Crippen LogP contribution in [0.3, 0.4) is 0 Å². The number of carbonyl (C=O) groups is 1. The molecule has 4 nitrogen and oxygen atoms in total. The maximum Gasteiger partial charge on any atom is 0.234 e. The molecule has 0 aliphatic rings. The highest BCUT2D eigenvalue weighted by molar-refractivity contribution is 5.78. The minimum absolute atomic E-state index is 0.0576. The van der Waals surface area contributed by atoms with Crippen molar-refractivity contribution >= 4 is 5.91 Å². The van der Waals surface area contributed by atoms with Crippen molar-refractivity contribution in [1.29, 1.82) is 0 Å². The number of rotatable bonds is 8. The van der Waals surface area contributed by atoms with E-state index in [0.29, 0.717) is 13.1 Å². The summed E-state index contributed by atoms with van der Waals surface area (Å²) >= 11 is 0. The van der Waals surface area contributed by atoms with Crippen molar-refractivity contribution in [3.8, 4) is 5.75 Å². The second-order valence-electron chi connectivity index (χ2n) is 4.53. The van der Waals surface area contributed by atoms with Crippen molar-refractivity contribution in [1.82, 2.24) is 10.6 Å². The number of ether oxygens (including phenoxy) is 1. The smallest absolute Gasteiger partial charge is 0.234 e. The number of carbonyl (C=O) groups excluding carboxylic acids is 1. The van der Waals surface area contributed by atoms with E-state index in [1.807, 2.05) is 24.3 Å². The molecule has 19 heavy (non-hydrogen) atoms. The van der Waals surface area contributed by atoms with Crippen LogP contribution in [-0.2, 0) is 11.3 Å². The average Bonchev–Trinajstić information content (AvgIpc) is 2.45. The van der Waals surface area contributed by atoms with Gasteiger partial charge in [0.1, 0.15) is 5.75 Å². The summed E-state index contributed by atoms with van der Waals surface area (Å²) in [7, 11) is 1.65. The van der Waals surface area contributed by atoms with Gasteiger partial charge in [-0.2, -0.15) is 0 Å². The molecule has 0 aliphatic heterocycles. The van der Waals surface area contributed by atoms with Crippen LogP contribution in [0, 0.1) is 0 Å². The quantitative estimate of drug-likeness (QED) is 0.756. The Kier molecular flexibility index (Phi) is 6.97. The van der Waals surface area contributed by atoms with Gasteiger partial charge in [-0.3, -0.25) is 4.79 Å². The van der Waals surface area contributed by atoms with Gasteiger partial charge in [0, 0.05) is 12.6 Å². The molecule has 0 radical (unpaired) electrons. The fraction of sp³-hybridized carbons (Fsp3) is 0.533. The number of methoxy groups -OCH3 is 1. The number of amides is 1. The Balaban J connectivity index is 2.27. The number of hydrogen-bond acceptors (Lipinski definition) is 3. The molecule has 1 aromatic rings. The van der Waals surface area contributed by atoms with E-state index in [1.54, 1.807) is 7.11 Å². The van der Waals surface area contributed by atoms with Crippen LogP contribution in [0.15, 0.2) is 24.3 Å². The zero-order valence-electron chi connectivity index (χ0n) is 12.0. The maximum atomic E-state index is 11.7. The molecule has 0 aliphatic carbocycles. The lowest BCUT2D eigenvalue weighted by molar-refractivity contribution is -0.121. The minimum Gasteiger partial charge on any atom is -0.497 e. The van der Waals surface area contributed by atoms with Crippen LogP contribution < -0.4 is 15.4 Å². The first-order chi connectivity index (χ1) is 9.19. The monoisotopic (exact) mass is 264 g/mol. The van der Waals surface area contributed by atoms with E-state index in [2.05, 4.69) is 24.5 Å². The van der Waals surface area contributed by atoms with Crippen molar-refractivity contribution in [3.63, 3.8) is 0 Å². The lowest BCUT2D eigenvalue weighted by atomic mass is 10.2. The van der Waals surface area contributed by atoms with E-state index in [-0.39, 0.29) is 11.9 Å². The Morgan fingerprint density at radius 2 is 1.84 bits per heavy atom. The van der Waals surface area contributed by atoms with Crippen LogP contribution in [0.5, 0.6) is 5.75 Å². The van der Waals surface area contributed by atoms with Crippen molar-refractivity contribution in [2.24, 2.45) is 0 Å². The third-order valence-electron chi connectivity index (χ3n) is 3.12. The van der Waals surface area contributed by atoms with Gasteiger partial charge in [-0.25, -0.2) is 0 Å². The predicted octanol–water partition coefficient (Wildman–Crippen LogP) is 2.09. The van der Waals surface area contributed by atoms with E-state index in [4.69, 9.17) is 4.74 Å². The molecule has 0 spiro atoms. The van der Waals surface area contributed by atoms with Crippen LogP contribution in [0.25, 0.3) is 0 Å². The van der Waals surface area contributed by atoms with Crippen LogP contribution in [0.4, 0.5) is 0 Å². The van der Waals surface area contributed by atoms with Gasteiger partial charge in [-0.05, 0) is 30.5 Å². The van der Waals surface area contributed by atoms with E-state index >= 15 is 0 Å². The molecule has 2 N–H and O–H groups in total. The molecule has 1 aromatic carbocycles. The summed E-state index contributed by atoms with van der Waals surface area (Å²) in [6.45, 7) is 5.20. The standard InChI is InChI=1S/C15H24N2O2/c1-4-13(5-2)17-15(18)11-16-10-12-6-8-14(19-3)9-7-12/h6-9,13,16H,4-5,10-11H2,1-3H3,(H,17,18).